The summed E-state index contributed by atoms with van der Waals surface area (Å²) in [7, 11) is -2.17. The molecule has 2 aromatic heterocycles. The van der Waals surface area contributed by atoms with Crippen molar-refractivity contribution in [2.24, 2.45) is 0 Å². The molecule has 3 aliphatic rings. The Bertz CT molecular complexity index is 2070. The van der Waals surface area contributed by atoms with E-state index in [1.165, 1.54) is 18.2 Å². The molecule has 3 atom stereocenters. The molecule has 1 amide bonds. The molecule has 4 aromatic rings. The van der Waals surface area contributed by atoms with Crippen molar-refractivity contribution in [1.82, 2.24) is 24.6 Å². The largest absolute Gasteiger partial charge is 0.598 e. The van der Waals surface area contributed by atoms with Crippen molar-refractivity contribution in [3.8, 4) is 16.9 Å². The SMILES string of the molecule is CC1(O[Si](C)(C)C(C)(C)C)CC(N[S+]([O-])C(C)(C)C)(c2ncc(-c3ccc4nc5n(c4c3)[C@@H]3C[C@H]5NC(=O)c4cccc(OC(F)F)c43)cc2F)C1. The Morgan fingerprint density at radius 2 is 1.81 bits per heavy atom. The number of hydrogen-bond acceptors (Lipinski definition) is 7. The summed E-state index contributed by atoms with van der Waals surface area (Å²) >= 11 is -1.50. The number of pyridine rings is 1. The molecule has 2 N–H and O–H groups in total. The predicted molar refractivity (Wildman–Crippen MR) is 198 cm³/mol. The summed E-state index contributed by atoms with van der Waals surface area (Å²) in [5.74, 6) is -0.352. The first-order valence-corrected chi connectivity index (χ1v) is 21.6. The number of fused-ring (bicyclic) bond motifs is 9. The normalized spacial score (nSPS) is 25.0. The van der Waals surface area contributed by atoms with Crippen molar-refractivity contribution in [3.05, 3.63) is 77.1 Å². The molecule has 0 saturated heterocycles. The molecule has 1 aliphatic carbocycles. The highest BCUT2D eigenvalue weighted by molar-refractivity contribution is 7.90. The number of carbonyl (C=O) groups excluding carboxylic acids is 1. The maximum Gasteiger partial charge on any atom is 0.387 e. The summed E-state index contributed by atoms with van der Waals surface area (Å²) in [5, 5.41) is 2.98. The Labute approximate surface area is 306 Å². The molecule has 7 rings (SSSR count). The van der Waals surface area contributed by atoms with E-state index in [9.17, 15) is 18.1 Å². The van der Waals surface area contributed by atoms with Gasteiger partial charge in [-0.3, -0.25) is 9.78 Å². The van der Waals surface area contributed by atoms with Crippen LogP contribution < -0.4 is 14.8 Å². The highest BCUT2D eigenvalue weighted by Gasteiger charge is 2.61. The van der Waals surface area contributed by atoms with Crippen molar-refractivity contribution >= 4 is 36.6 Å². The molecule has 2 bridgehead atoms. The predicted octanol–water partition coefficient (Wildman–Crippen LogP) is 8.44. The van der Waals surface area contributed by atoms with E-state index in [1.54, 1.807) is 12.3 Å². The average Bonchev–Trinajstić information content (AvgIpc) is 3.50. The number of hydrogen-bond donors (Lipinski definition) is 2. The second-order valence-corrected chi connectivity index (χ2v) is 23.9. The number of rotatable bonds is 8. The lowest BCUT2D eigenvalue weighted by molar-refractivity contribution is -0.0720. The maximum absolute atomic E-state index is 16.5. The van der Waals surface area contributed by atoms with Gasteiger partial charge in [-0.2, -0.15) is 8.78 Å². The van der Waals surface area contributed by atoms with Crippen LogP contribution in [0.15, 0.2) is 48.7 Å². The van der Waals surface area contributed by atoms with Gasteiger partial charge in [-0.25, -0.2) is 9.37 Å². The summed E-state index contributed by atoms with van der Waals surface area (Å²) < 4.78 is 73.3. The van der Waals surface area contributed by atoms with Gasteiger partial charge in [0.25, 0.3) is 5.91 Å². The third kappa shape index (κ3) is 6.23. The number of aromatic nitrogens is 3. The minimum atomic E-state index is -3.06. The Hall–Kier alpha value is -3.43. The van der Waals surface area contributed by atoms with Crippen LogP contribution in [0.3, 0.4) is 0 Å². The molecule has 1 saturated carbocycles. The Kier molecular flexibility index (Phi) is 8.73. The van der Waals surface area contributed by atoms with Crippen molar-refractivity contribution in [2.75, 3.05) is 0 Å². The van der Waals surface area contributed by atoms with E-state index in [-0.39, 0.29) is 28.0 Å². The van der Waals surface area contributed by atoms with Crippen molar-refractivity contribution < 1.29 is 31.7 Å². The van der Waals surface area contributed by atoms with Gasteiger partial charge in [0.15, 0.2) is 8.32 Å². The van der Waals surface area contributed by atoms with Crippen LogP contribution in [0.1, 0.15) is 107 Å². The first-order valence-electron chi connectivity index (χ1n) is 17.6. The fourth-order valence-corrected chi connectivity index (χ4v) is 10.4. The Morgan fingerprint density at radius 1 is 1.10 bits per heavy atom. The average molecular weight is 754 g/mol. The van der Waals surface area contributed by atoms with Gasteiger partial charge < -0.3 is 23.6 Å². The number of nitrogens with one attached hydrogen (secondary N) is 2. The summed E-state index contributed by atoms with van der Waals surface area (Å²) in [5.41, 5.74) is 1.84. The van der Waals surface area contributed by atoms with Crippen LogP contribution in [0.2, 0.25) is 18.1 Å². The first kappa shape index (κ1) is 36.9. The van der Waals surface area contributed by atoms with E-state index in [0.717, 1.165) is 0 Å². The number of ether oxygens (including phenoxy) is 1. The zero-order valence-electron chi connectivity index (χ0n) is 31.0. The van der Waals surface area contributed by atoms with Crippen LogP contribution in [0.4, 0.5) is 13.2 Å². The van der Waals surface area contributed by atoms with Crippen LogP contribution in [0.5, 0.6) is 5.75 Å². The molecule has 52 heavy (non-hydrogen) atoms. The van der Waals surface area contributed by atoms with Crippen LogP contribution in [0.25, 0.3) is 22.2 Å². The number of nitrogens with zero attached hydrogens (tertiary/aromatic N) is 3. The summed E-state index contributed by atoms with van der Waals surface area (Å²) in [6.07, 6.45) is 2.85. The lowest BCUT2D eigenvalue weighted by Crippen LogP contribution is -2.67. The molecular weight excluding hydrogens is 708 g/mol. The summed E-state index contributed by atoms with van der Waals surface area (Å²) in [6.45, 7) is 15.5. The van der Waals surface area contributed by atoms with Crippen LogP contribution in [-0.4, -0.2) is 50.3 Å². The van der Waals surface area contributed by atoms with Gasteiger partial charge in [0, 0.05) is 47.1 Å². The topological polar surface area (TPSA) is 113 Å². The molecule has 2 aliphatic heterocycles. The first-order chi connectivity index (χ1) is 24.1. The Morgan fingerprint density at radius 3 is 2.44 bits per heavy atom. The molecule has 0 radical (unpaired) electrons. The number of amides is 1. The highest BCUT2D eigenvalue weighted by atomic mass is 32.2. The number of carbonyl (C=O) groups is 1. The fraction of sp³-hybridized carbons (Fsp3) is 0.500. The van der Waals surface area contributed by atoms with E-state index < -0.39 is 60.1 Å². The summed E-state index contributed by atoms with van der Waals surface area (Å²) in [6, 6.07) is 10.6. The number of benzene rings is 2. The van der Waals surface area contributed by atoms with Gasteiger partial charge >= 0.3 is 6.61 Å². The molecule has 9 nitrogen and oxygen atoms in total. The standard InChI is InChI=1S/C38H46F3N5O4SSi/c1-35(2,3)51(48)45-38(19-37(7,20-38)50-52(8,9)36(4,5)6)31-24(39)15-22(18-42-31)21-13-14-25-27(16-21)46-28-17-26(32(46)43-25)44-33(47)23-11-10-12-29(30(23)28)49-34(40)41/h10-16,18,26,28,34,45H,17,19-20H2,1-9H3,(H,44,47)/t26-,28-,37?,38?,51?/m1/s1. The number of halogens is 3. The fourth-order valence-electron chi connectivity index (χ4n) is 7.82. The van der Waals surface area contributed by atoms with Gasteiger partial charge in [-0.05, 0) is 88.1 Å². The van der Waals surface area contributed by atoms with E-state index in [4.69, 9.17) is 19.1 Å². The van der Waals surface area contributed by atoms with Crippen molar-refractivity contribution in [1.29, 1.82) is 0 Å². The highest BCUT2D eigenvalue weighted by Crippen LogP contribution is 2.55. The minimum absolute atomic E-state index is 0.0189. The van der Waals surface area contributed by atoms with Crippen LogP contribution >= 0.6 is 0 Å². The van der Waals surface area contributed by atoms with Gasteiger partial charge in [0.05, 0.1) is 28.7 Å². The molecule has 0 spiro atoms. The number of alkyl halides is 2. The molecule has 278 valence electrons. The van der Waals surface area contributed by atoms with Crippen LogP contribution in [0, 0.1) is 5.82 Å². The zero-order chi connectivity index (χ0) is 37.8. The molecule has 2 aromatic carbocycles. The second-order valence-electron chi connectivity index (χ2n) is 17.2. The smallest absolute Gasteiger partial charge is 0.387 e. The molecule has 4 heterocycles. The molecule has 1 fully saturated rings. The van der Waals surface area contributed by atoms with Crippen molar-refractivity contribution in [2.45, 2.75) is 120 Å². The monoisotopic (exact) mass is 753 g/mol. The van der Waals surface area contributed by atoms with E-state index in [0.29, 0.717) is 52.8 Å². The molecular formula is C38H46F3N5O4SSi. The van der Waals surface area contributed by atoms with Gasteiger partial charge in [-0.15, -0.1) is 4.72 Å². The Balaban J connectivity index is 1.25. The summed E-state index contributed by atoms with van der Waals surface area (Å²) in [4.78, 5) is 22.7. The molecule has 1 unspecified atom stereocenters. The van der Waals surface area contributed by atoms with Gasteiger partial charge in [-0.1, -0.05) is 32.9 Å². The van der Waals surface area contributed by atoms with Crippen molar-refractivity contribution in [3.63, 3.8) is 0 Å². The molecule has 14 heteroatoms. The quantitative estimate of drug-likeness (QED) is 0.137. The van der Waals surface area contributed by atoms with Gasteiger partial charge in [0.1, 0.15) is 33.4 Å². The lowest BCUT2D eigenvalue weighted by Gasteiger charge is -2.57. The van der Waals surface area contributed by atoms with Crippen LogP contribution in [-0.2, 0) is 21.3 Å². The zero-order valence-corrected chi connectivity index (χ0v) is 32.8. The van der Waals surface area contributed by atoms with E-state index >= 15 is 4.39 Å². The number of imidazole rings is 1. The maximum atomic E-state index is 16.5. The minimum Gasteiger partial charge on any atom is -0.598 e. The van der Waals surface area contributed by atoms with Gasteiger partial charge in [0.2, 0.25) is 0 Å². The van der Waals surface area contributed by atoms with E-state index in [2.05, 4.69) is 43.9 Å². The third-order valence-electron chi connectivity index (χ3n) is 11.1. The lowest BCUT2D eigenvalue weighted by atomic mass is 9.64. The second kappa shape index (κ2) is 12.3. The van der Waals surface area contributed by atoms with E-state index in [1.807, 2.05) is 50.5 Å². The third-order valence-corrected chi connectivity index (χ3v) is 17.4.